The zero-order chi connectivity index (χ0) is 17.8. The Bertz CT molecular complexity index is 740. The van der Waals surface area contributed by atoms with Crippen LogP contribution < -0.4 is 10.2 Å². The van der Waals surface area contributed by atoms with E-state index in [9.17, 15) is 4.79 Å². The van der Waals surface area contributed by atoms with E-state index in [1.807, 2.05) is 10.8 Å². The lowest BCUT2D eigenvalue weighted by Crippen LogP contribution is -2.38. The van der Waals surface area contributed by atoms with Gasteiger partial charge in [0.1, 0.15) is 18.0 Å². The van der Waals surface area contributed by atoms with Gasteiger partial charge in [0, 0.05) is 30.7 Å². The summed E-state index contributed by atoms with van der Waals surface area (Å²) in [5, 5.41) is 4.32. The number of aromatic nitrogens is 2. The predicted octanol–water partition coefficient (Wildman–Crippen LogP) is 3.87. The SMILES string of the molecule is O=C(Cn1ccc2ccc(N3CCCCCC3)nc21)NC1CCCCC1. The first-order valence-electron chi connectivity index (χ1n) is 10.3. The van der Waals surface area contributed by atoms with Crippen molar-refractivity contribution in [3.05, 3.63) is 24.4 Å². The molecule has 1 saturated carbocycles. The molecule has 4 rings (SSSR count). The molecule has 140 valence electrons. The molecule has 2 aromatic rings. The Labute approximate surface area is 155 Å². The second-order valence-electron chi connectivity index (χ2n) is 7.83. The summed E-state index contributed by atoms with van der Waals surface area (Å²) in [5.41, 5.74) is 0.922. The highest BCUT2D eigenvalue weighted by Crippen LogP contribution is 2.22. The molecule has 2 fully saturated rings. The van der Waals surface area contributed by atoms with E-state index in [2.05, 4.69) is 28.4 Å². The molecule has 0 radical (unpaired) electrons. The number of pyridine rings is 1. The first-order chi connectivity index (χ1) is 12.8. The van der Waals surface area contributed by atoms with Gasteiger partial charge >= 0.3 is 0 Å². The summed E-state index contributed by atoms with van der Waals surface area (Å²) < 4.78 is 1.99. The van der Waals surface area contributed by atoms with Gasteiger partial charge in [-0.25, -0.2) is 4.98 Å². The van der Waals surface area contributed by atoms with Crippen molar-refractivity contribution < 1.29 is 4.79 Å². The molecule has 26 heavy (non-hydrogen) atoms. The van der Waals surface area contributed by atoms with Crippen LogP contribution in [-0.2, 0) is 11.3 Å². The van der Waals surface area contributed by atoms with Crippen molar-refractivity contribution in [2.24, 2.45) is 0 Å². The Balaban J connectivity index is 1.48. The maximum Gasteiger partial charge on any atom is 0.240 e. The monoisotopic (exact) mass is 354 g/mol. The van der Waals surface area contributed by atoms with Gasteiger partial charge < -0.3 is 14.8 Å². The summed E-state index contributed by atoms with van der Waals surface area (Å²) in [4.78, 5) is 19.8. The van der Waals surface area contributed by atoms with Crippen molar-refractivity contribution in [1.82, 2.24) is 14.9 Å². The number of rotatable bonds is 4. The van der Waals surface area contributed by atoms with Crippen molar-refractivity contribution in [1.29, 1.82) is 0 Å². The molecule has 5 nitrogen and oxygen atoms in total. The summed E-state index contributed by atoms with van der Waals surface area (Å²) in [6, 6.07) is 6.68. The van der Waals surface area contributed by atoms with Crippen LogP contribution in [-0.4, -0.2) is 34.6 Å². The lowest BCUT2D eigenvalue weighted by Gasteiger charge is -2.23. The average Bonchev–Trinajstić information content (AvgIpc) is 2.87. The number of anilines is 1. The minimum atomic E-state index is 0.108. The van der Waals surface area contributed by atoms with Gasteiger partial charge in [0.2, 0.25) is 5.91 Å². The van der Waals surface area contributed by atoms with Gasteiger partial charge in [-0.15, -0.1) is 0 Å². The van der Waals surface area contributed by atoms with Crippen LogP contribution in [0.3, 0.4) is 0 Å². The van der Waals surface area contributed by atoms with Gasteiger partial charge in [0.25, 0.3) is 0 Å². The summed E-state index contributed by atoms with van der Waals surface area (Å²) in [6.45, 7) is 2.53. The Morgan fingerprint density at radius 1 is 1.00 bits per heavy atom. The van der Waals surface area contributed by atoms with Gasteiger partial charge in [-0.2, -0.15) is 0 Å². The Hall–Kier alpha value is -2.04. The second-order valence-corrected chi connectivity index (χ2v) is 7.83. The van der Waals surface area contributed by atoms with Crippen LogP contribution in [0.2, 0.25) is 0 Å². The normalized spacial score (nSPS) is 19.5. The largest absolute Gasteiger partial charge is 0.357 e. The summed E-state index contributed by atoms with van der Waals surface area (Å²) in [7, 11) is 0. The maximum absolute atomic E-state index is 12.5. The molecular weight excluding hydrogens is 324 g/mol. The minimum absolute atomic E-state index is 0.108. The lowest BCUT2D eigenvalue weighted by molar-refractivity contribution is -0.122. The fraction of sp³-hybridized carbons (Fsp3) is 0.619. The van der Waals surface area contributed by atoms with E-state index in [0.717, 1.165) is 42.8 Å². The fourth-order valence-electron chi connectivity index (χ4n) is 4.33. The van der Waals surface area contributed by atoms with Crippen LogP contribution in [0.15, 0.2) is 24.4 Å². The van der Waals surface area contributed by atoms with Crippen molar-refractivity contribution in [3.63, 3.8) is 0 Å². The summed E-state index contributed by atoms with van der Waals surface area (Å²) in [6.07, 6.45) is 13.1. The highest BCUT2D eigenvalue weighted by Gasteiger charge is 2.17. The smallest absolute Gasteiger partial charge is 0.240 e. The Morgan fingerprint density at radius 3 is 2.50 bits per heavy atom. The number of carbonyl (C=O) groups is 1. The van der Waals surface area contributed by atoms with Crippen LogP contribution >= 0.6 is 0 Å². The first-order valence-corrected chi connectivity index (χ1v) is 10.3. The van der Waals surface area contributed by atoms with Gasteiger partial charge in [-0.3, -0.25) is 4.79 Å². The zero-order valence-corrected chi connectivity index (χ0v) is 15.6. The third kappa shape index (κ3) is 4.02. The van der Waals surface area contributed by atoms with Crippen molar-refractivity contribution >= 4 is 22.8 Å². The van der Waals surface area contributed by atoms with E-state index in [4.69, 9.17) is 4.98 Å². The number of fused-ring (bicyclic) bond motifs is 1. The summed E-state index contributed by atoms with van der Waals surface area (Å²) in [5.74, 6) is 1.16. The number of nitrogens with zero attached hydrogens (tertiary/aromatic N) is 3. The molecule has 1 aliphatic heterocycles. The molecule has 3 heterocycles. The minimum Gasteiger partial charge on any atom is -0.357 e. The topological polar surface area (TPSA) is 50.2 Å². The predicted molar refractivity (Wildman–Crippen MR) is 105 cm³/mol. The number of carbonyl (C=O) groups excluding carboxylic acids is 1. The van der Waals surface area contributed by atoms with Gasteiger partial charge in [0.05, 0.1) is 0 Å². The average molecular weight is 354 g/mol. The van der Waals surface area contributed by atoms with Gasteiger partial charge in [-0.05, 0) is 43.9 Å². The second kappa shape index (κ2) is 8.11. The van der Waals surface area contributed by atoms with Crippen LogP contribution in [0.25, 0.3) is 11.0 Å². The molecule has 2 aliphatic rings. The Kier molecular flexibility index (Phi) is 5.42. The molecule has 5 heteroatoms. The van der Waals surface area contributed by atoms with E-state index < -0.39 is 0 Å². The van der Waals surface area contributed by atoms with E-state index in [-0.39, 0.29) is 5.91 Å². The van der Waals surface area contributed by atoms with Crippen molar-refractivity contribution in [2.45, 2.75) is 70.4 Å². The van der Waals surface area contributed by atoms with Crippen LogP contribution in [0, 0.1) is 0 Å². The standard InChI is InChI=1S/C21H30N4O/c26-20(22-18-8-4-3-5-9-18)16-25-15-12-17-10-11-19(23-21(17)25)24-13-6-1-2-7-14-24/h10-12,15,18H,1-9,13-14,16H2,(H,22,26). The van der Waals surface area contributed by atoms with Crippen LogP contribution in [0.5, 0.6) is 0 Å². The molecule has 1 amide bonds. The highest BCUT2D eigenvalue weighted by atomic mass is 16.2. The molecule has 0 spiro atoms. The van der Waals surface area contributed by atoms with Crippen molar-refractivity contribution in [3.8, 4) is 0 Å². The third-order valence-corrected chi connectivity index (χ3v) is 5.81. The number of amides is 1. The summed E-state index contributed by atoms with van der Waals surface area (Å²) >= 11 is 0. The van der Waals surface area contributed by atoms with Gasteiger partial charge in [0.15, 0.2) is 0 Å². The fourth-order valence-corrected chi connectivity index (χ4v) is 4.33. The molecule has 1 saturated heterocycles. The van der Waals surface area contributed by atoms with E-state index in [0.29, 0.717) is 12.6 Å². The molecule has 1 aliphatic carbocycles. The molecule has 0 aromatic carbocycles. The van der Waals surface area contributed by atoms with Crippen LogP contribution in [0.1, 0.15) is 57.8 Å². The Morgan fingerprint density at radius 2 is 1.73 bits per heavy atom. The van der Waals surface area contributed by atoms with Crippen LogP contribution in [0.4, 0.5) is 5.82 Å². The molecule has 0 atom stereocenters. The number of hydrogen-bond donors (Lipinski definition) is 1. The van der Waals surface area contributed by atoms with E-state index in [1.165, 1.54) is 44.9 Å². The third-order valence-electron chi connectivity index (χ3n) is 5.81. The first kappa shape index (κ1) is 17.4. The molecular formula is C21H30N4O. The molecule has 0 bridgehead atoms. The maximum atomic E-state index is 12.5. The van der Waals surface area contributed by atoms with Gasteiger partial charge in [-0.1, -0.05) is 32.1 Å². The number of nitrogens with one attached hydrogen (secondary N) is 1. The molecule has 1 N–H and O–H groups in total. The zero-order valence-electron chi connectivity index (χ0n) is 15.6. The van der Waals surface area contributed by atoms with Crippen molar-refractivity contribution in [2.75, 3.05) is 18.0 Å². The van der Waals surface area contributed by atoms with E-state index >= 15 is 0 Å². The molecule has 0 unspecified atom stereocenters. The lowest BCUT2D eigenvalue weighted by atomic mass is 9.95. The quantitative estimate of drug-likeness (QED) is 0.907. The molecule has 2 aromatic heterocycles. The number of hydrogen-bond acceptors (Lipinski definition) is 3. The van der Waals surface area contributed by atoms with E-state index in [1.54, 1.807) is 0 Å². The highest BCUT2D eigenvalue weighted by molar-refractivity contribution is 5.82.